The number of carboxylic acid groups (broad SMARTS) is 1. The Balaban J connectivity index is 2.05. The van der Waals surface area contributed by atoms with E-state index in [0.717, 1.165) is 4.90 Å². The van der Waals surface area contributed by atoms with Crippen molar-refractivity contribution in [1.29, 1.82) is 0 Å². The minimum Gasteiger partial charge on any atom is -0.490 e. The highest BCUT2D eigenvalue weighted by atomic mass is 16.5. The summed E-state index contributed by atoms with van der Waals surface area (Å²) in [6.45, 7) is 6.26. The Morgan fingerprint density at radius 2 is 1.74 bits per heavy atom. The second-order valence-electron chi connectivity index (χ2n) is 7.54. The molecule has 162 valence electrons. The zero-order chi connectivity index (χ0) is 22.5. The van der Waals surface area contributed by atoms with Crippen molar-refractivity contribution >= 4 is 29.4 Å². The molecule has 2 aromatic rings. The van der Waals surface area contributed by atoms with Gasteiger partial charge in [0.25, 0.3) is 11.8 Å². The van der Waals surface area contributed by atoms with Crippen LogP contribution in [0.3, 0.4) is 0 Å². The lowest BCUT2D eigenvalue weighted by Gasteiger charge is -2.27. The molecule has 1 aliphatic rings. The number of carboxylic acids is 1. The van der Waals surface area contributed by atoms with Crippen molar-refractivity contribution < 1.29 is 29.0 Å². The molecule has 7 heteroatoms. The molecule has 3 rings (SSSR count). The van der Waals surface area contributed by atoms with E-state index in [2.05, 4.69) is 13.8 Å². The Morgan fingerprint density at radius 3 is 2.39 bits per heavy atom. The standard InChI is InChI=1S/C24H25NO6/c1-4-30-21-12-16(9-10-20(21)31-14-15(2)3)11-19-17-7-5-6-8-18(17)23(28)25(24(19)29)13-22(26)27/h5-12,15H,4,13-14H2,1-3H3,(H,26,27)/b19-11-. The lowest BCUT2D eigenvalue weighted by atomic mass is 9.92. The number of imide groups is 1. The quantitative estimate of drug-likeness (QED) is 0.514. The Hall–Kier alpha value is -3.61. The van der Waals surface area contributed by atoms with Crippen molar-refractivity contribution in [3.05, 3.63) is 59.2 Å². The van der Waals surface area contributed by atoms with Gasteiger partial charge in [0.05, 0.1) is 13.2 Å². The molecule has 31 heavy (non-hydrogen) atoms. The summed E-state index contributed by atoms with van der Waals surface area (Å²) in [6, 6.07) is 12.0. The van der Waals surface area contributed by atoms with Gasteiger partial charge >= 0.3 is 5.97 Å². The first-order valence-electron chi connectivity index (χ1n) is 10.1. The van der Waals surface area contributed by atoms with Crippen molar-refractivity contribution in [1.82, 2.24) is 4.90 Å². The van der Waals surface area contributed by atoms with Gasteiger partial charge in [-0.1, -0.05) is 38.1 Å². The van der Waals surface area contributed by atoms with Gasteiger partial charge in [0.15, 0.2) is 11.5 Å². The van der Waals surface area contributed by atoms with E-state index in [0.29, 0.717) is 41.8 Å². The van der Waals surface area contributed by atoms with Crippen LogP contribution in [0.2, 0.25) is 0 Å². The first-order valence-corrected chi connectivity index (χ1v) is 10.1. The minimum absolute atomic E-state index is 0.245. The smallest absolute Gasteiger partial charge is 0.323 e. The number of aliphatic carboxylic acids is 1. The Morgan fingerprint density at radius 1 is 1.03 bits per heavy atom. The molecule has 0 radical (unpaired) electrons. The number of nitrogens with zero attached hydrogens (tertiary/aromatic N) is 1. The molecule has 0 saturated carbocycles. The van der Waals surface area contributed by atoms with E-state index in [-0.39, 0.29) is 11.1 Å². The number of fused-ring (bicyclic) bond motifs is 1. The highest BCUT2D eigenvalue weighted by Crippen LogP contribution is 2.33. The summed E-state index contributed by atoms with van der Waals surface area (Å²) >= 11 is 0. The molecule has 1 heterocycles. The third-order valence-electron chi connectivity index (χ3n) is 4.61. The minimum atomic E-state index is -1.26. The molecule has 0 unspecified atom stereocenters. The predicted octanol–water partition coefficient (Wildman–Crippen LogP) is 3.73. The molecule has 0 aliphatic carbocycles. The molecule has 1 N–H and O–H groups in total. The number of hydrogen-bond acceptors (Lipinski definition) is 5. The van der Waals surface area contributed by atoms with Crippen molar-refractivity contribution in [3.8, 4) is 11.5 Å². The van der Waals surface area contributed by atoms with E-state index < -0.39 is 24.3 Å². The third kappa shape index (κ3) is 4.94. The number of rotatable bonds is 8. The maximum Gasteiger partial charge on any atom is 0.323 e. The van der Waals surface area contributed by atoms with E-state index in [9.17, 15) is 14.4 Å². The van der Waals surface area contributed by atoms with Gasteiger partial charge in [-0.3, -0.25) is 19.3 Å². The number of ether oxygens (including phenoxy) is 2. The summed E-state index contributed by atoms with van der Waals surface area (Å²) in [5.41, 5.74) is 1.67. The van der Waals surface area contributed by atoms with Crippen molar-refractivity contribution in [3.63, 3.8) is 0 Å². The second kappa shape index (κ2) is 9.47. The van der Waals surface area contributed by atoms with Crippen LogP contribution in [0.25, 0.3) is 11.6 Å². The zero-order valence-electron chi connectivity index (χ0n) is 17.8. The molecule has 0 spiro atoms. The van der Waals surface area contributed by atoms with Gasteiger partial charge in [-0.15, -0.1) is 0 Å². The van der Waals surface area contributed by atoms with Crippen molar-refractivity contribution in [2.75, 3.05) is 19.8 Å². The fraction of sp³-hybridized carbons (Fsp3) is 0.292. The zero-order valence-corrected chi connectivity index (χ0v) is 17.8. The molecule has 2 aromatic carbocycles. The summed E-state index contributed by atoms with van der Waals surface area (Å²) in [4.78, 5) is 37.6. The molecular formula is C24H25NO6. The van der Waals surface area contributed by atoms with Gasteiger partial charge in [-0.2, -0.15) is 0 Å². The van der Waals surface area contributed by atoms with Crippen LogP contribution in [0, 0.1) is 5.92 Å². The summed E-state index contributed by atoms with van der Waals surface area (Å²) in [6.07, 6.45) is 1.64. The summed E-state index contributed by atoms with van der Waals surface area (Å²) in [5, 5.41) is 9.14. The summed E-state index contributed by atoms with van der Waals surface area (Å²) in [7, 11) is 0. The summed E-state index contributed by atoms with van der Waals surface area (Å²) < 4.78 is 11.5. The van der Waals surface area contributed by atoms with Crippen LogP contribution in [-0.2, 0) is 9.59 Å². The fourth-order valence-corrected chi connectivity index (χ4v) is 3.25. The van der Waals surface area contributed by atoms with Gasteiger partial charge in [0.1, 0.15) is 6.54 Å². The van der Waals surface area contributed by atoms with Gasteiger partial charge in [-0.25, -0.2) is 0 Å². The Labute approximate surface area is 180 Å². The van der Waals surface area contributed by atoms with Crippen LogP contribution < -0.4 is 9.47 Å². The maximum absolute atomic E-state index is 13.0. The highest BCUT2D eigenvalue weighted by Gasteiger charge is 2.35. The topological polar surface area (TPSA) is 93.1 Å². The fourth-order valence-electron chi connectivity index (χ4n) is 3.25. The number of carbonyl (C=O) groups is 3. The van der Waals surface area contributed by atoms with Crippen LogP contribution in [0.5, 0.6) is 11.5 Å². The molecule has 0 bridgehead atoms. The molecule has 7 nitrogen and oxygen atoms in total. The normalized spacial score (nSPS) is 14.7. The van der Waals surface area contributed by atoms with Crippen LogP contribution >= 0.6 is 0 Å². The first-order chi connectivity index (χ1) is 14.8. The predicted molar refractivity (Wildman–Crippen MR) is 116 cm³/mol. The lowest BCUT2D eigenvalue weighted by Crippen LogP contribution is -2.44. The molecular weight excluding hydrogens is 398 g/mol. The van der Waals surface area contributed by atoms with Crippen LogP contribution in [0.4, 0.5) is 0 Å². The van der Waals surface area contributed by atoms with E-state index in [4.69, 9.17) is 14.6 Å². The van der Waals surface area contributed by atoms with Crippen LogP contribution in [-0.4, -0.2) is 47.5 Å². The number of benzene rings is 2. The van der Waals surface area contributed by atoms with E-state index in [1.54, 1.807) is 48.5 Å². The second-order valence-corrected chi connectivity index (χ2v) is 7.54. The Kier molecular flexibility index (Phi) is 6.74. The van der Waals surface area contributed by atoms with Gasteiger partial charge < -0.3 is 14.6 Å². The number of hydrogen-bond donors (Lipinski definition) is 1. The van der Waals surface area contributed by atoms with Crippen molar-refractivity contribution in [2.24, 2.45) is 5.92 Å². The SMILES string of the molecule is CCOc1cc(/C=C2\C(=O)N(CC(=O)O)C(=O)c3ccccc32)ccc1OCC(C)C. The highest BCUT2D eigenvalue weighted by molar-refractivity contribution is 6.34. The first kappa shape index (κ1) is 22.1. The summed E-state index contributed by atoms with van der Waals surface area (Å²) in [5.74, 6) is -1.02. The van der Waals surface area contributed by atoms with E-state index in [1.807, 2.05) is 6.92 Å². The number of amides is 2. The average molecular weight is 423 g/mol. The van der Waals surface area contributed by atoms with Crippen molar-refractivity contribution in [2.45, 2.75) is 20.8 Å². The molecule has 1 aliphatic heterocycles. The van der Waals surface area contributed by atoms with E-state index in [1.165, 1.54) is 0 Å². The number of carbonyl (C=O) groups excluding carboxylic acids is 2. The van der Waals surface area contributed by atoms with E-state index >= 15 is 0 Å². The van der Waals surface area contributed by atoms with Gasteiger partial charge in [-0.05, 0) is 48.2 Å². The van der Waals surface area contributed by atoms with Crippen LogP contribution in [0.1, 0.15) is 42.3 Å². The van der Waals surface area contributed by atoms with Gasteiger partial charge in [0, 0.05) is 11.1 Å². The Bertz CT molecular complexity index is 1040. The maximum atomic E-state index is 13.0. The van der Waals surface area contributed by atoms with Gasteiger partial charge in [0.2, 0.25) is 0 Å². The monoisotopic (exact) mass is 423 g/mol. The molecule has 0 atom stereocenters. The molecule has 0 aromatic heterocycles. The molecule has 0 saturated heterocycles. The molecule has 0 fully saturated rings. The molecule has 2 amide bonds. The third-order valence-corrected chi connectivity index (χ3v) is 4.61. The largest absolute Gasteiger partial charge is 0.490 e. The average Bonchev–Trinajstić information content (AvgIpc) is 2.73. The lowest BCUT2D eigenvalue weighted by molar-refractivity contribution is -0.141. The van der Waals surface area contributed by atoms with Crippen LogP contribution in [0.15, 0.2) is 42.5 Å².